The zero-order chi connectivity index (χ0) is 12.8. The van der Waals surface area contributed by atoms with E-state index in [0.29, 0.717) is 32.5 Å². The molecule has 1 rings (SSSR count). The van der Waals surface area contributed by atoms with Crippen LogP contribution in [0.15, 0.2) is 0 Å². The normalized spacial score (nSPS) is 18.9. The van der Waals surface area contributed by atoms with Crippen molar-refractivity contribution < 1.29 is 14.3 Å². The minimum absolute atomic E-state index is 0.0188. The summed E-state index contributed by atoms with van der Waals surface area (Å²) in [6, 6.07) is 0. The van der Waals surface area contributed by atoms with Gasteiger partial charge in [0.25, 0.3) is 0 Å². The lowest BCUT2D eigenvalue weighted by molar-refractivity contribution is -0.149. The first-order valence-corrected chi connectivity index (χ1v) is 6.16. The largest absolute Gasteiger partial charge is 0.469 e. The summed E-state index contributed by atoms with van der Waals surface area (Å²) in [4.78, 5) is 25.2. The van der Waals surface area contributed by atoms with Gasteiger partial charge in [-0.2, -0.15) is 0 Å². The number of hydrogen-bond acceptors (Lipinski definition) is 4. The molecule has 0 radical (unpaired) electrons. The van der Waals surface area contributed by atoms with Crippen molar-refractivity contribution in [3.05, 3.63) is 0 Å². The van der Waals surface area contributed by atoms with Gasteiger partial charge in [0, 0.05) is 19.0 Å². The Morgan fingerprint density at radius 1 is 1.41 bits per heavy atom. The van der Waals surface area contributed by atoms with E-state index in [4.69, 9.17) is 10.5 Å². The van der Waals surface area contributed by atoms with Crippen LogP contribution in [0.5, 0.6) is 0 Å². The van der Waals surface area contributed by atoms with Gasteiger partial charge in [-0.25, -0.2) is 0 Å². The van der Waals surface area contributed by atoms with Crippen molar-refractivity contribution in [1.82, 2.24) is 4.90 Å². The van der Waals surface area contributed by atoms with Gasteiger partial charge in [-0.05, 0) is 25.8 Å². The fourth-order valence-corrected chi connectivity index (χ4v) is 2.19. The molecule has 0 bridgehead atoms. The van der Waals surface area contributed by atoms with Crippen molar-refractivity contribution >= 4 is 11.9 Å². The second-order valence-corrected chi connectivity index (χ2v) is 4.60. The van der Waals surface area contributed by atoms with Crippen molar-refractivity contribution in [2.24, 2.45) is 17.6 Å². The molecular weight excluding hydrogens is 220 g/mol. The van der Waals surface area contributed by atoms with E-state index in [2.05, 4.69) is 0 Å². The summed E-state index contributed by atoms with van der Waals surface area (Å²) in [5, 5.41) is 0. The van der Waals surface area contributed by atoms with E-state index in [1.54, 1.807) is 0 Å². The Bertz CT molecular complexity index is 273. The molecule has 2 N–H and O–H groups in total. The average Bonchev–Trinajstić information content (AvgIpc) is 2.37. The van der Waals surface area contributed by atoms with E-state index in [1.165, 1.54) is 7.11 Å². The highest BCUT2D eigenvalue weighted by Crippen LogP contribution is 2.20. The number of likely N-dealkylation sites (tertiary alicyclic amines) is 1. The second-order valence-electron chi connectivity index (χ2n) is 4.60. The lowest BCUT2D eigenvalue weighted by Gasteiger charge is -2.32. The van der Waals surface area contributed by atoms with Crippen LogP contribution in [0.4, 0.5) is 0 Å². The maximum atomic E-state index is 12.0. The Balaban J connectivity index is 2.41. The number of nitrogens with two attached hydrogens (primary N) is 1. The molecule has 0 saturated carbocycles. The maximum absolute atomic E-state index is 12.0. The van der Waals surface area contributed by atoms with Crippen LogP contribution in [0.1, 0.15) is 26.2 Å². The van der Waals surface area contributed by atoms with Gasteiger partial charge < -0.3 is 15.4 Å². The maximum Gasteiger partial charge on any atom is 0.308 e. The summed E-state index contributed by atoms with van der Waals surface area (Å²) in [6.45, 7) is 3.73. The molecule has 5 heteroatoms. The summed E-state index contributed by atoms with van der Waals surface area (Å²) in [5.41, 5.74) is 5.44. The Morgan fingerprint density at radius 3 is 2.47 bits per heavy atom. The third kappa shape index (κ3) is 3.70. The number of nitrogens with zero attached hydrogens (tertiary/aromatic N) is 1. The van der Waals surface area contributed by atoms with Crippen LogP contribution in [0.2, 0.25) is 0 Å². The summed E-state index contributed by atoms with van der Waals surface area (Å²) >= 11 is 0. The fraction of sp³-hybridized carbons (Fsp3) is 0.833. The van der Waals surface area contributed by atoms with Crippen LogP contribution in [0.25, 0.3) is 0 Å². The highest BCUT2D eigenvalue weighted by molar-refractivity contribution is 5.79. The van der Waals surface area contributed by atoms with E-state index in [0.717, 1.165) is 6.42 Å². The Morgan fingerprint density at radius 2 is 2.00 bits per heavy atom. The van der Waals surface area contributed by atoms with Crippen LogP contribution in [-0.2, 0) is 14.3 Å². The van der Waals surface area contributed by atoms with E-state index >= 15 is 0 Å². The second kappa shape index (κ2) is 6.59. The van der Waals surface area contributed by atoms with Gasteiger partial charge in [0.05, 0.1) is 13.0 Å². The number of carbonyl (C=O) groups is 2. The van der Waals surface area contributed by atoms with Crippen LogP contribution in [0, 0.1) is 11.8 Å². The number of ether oxygens (including phenoxy) is 1. The lowest BCUT2D eigenvalue weighted by Crippen LogP contribution is -2.43. The van der Waals surface area contributed by atoms with Gasteiger partial charge in [-0.3, -0.25) is 9.59 Å². The van der Waals surface area contributed by atoms with Gasteiger partial charge in [0.1, 0.15) is 0 Å². The van der Waals surface area contributed by atoms with Crippen LogP contribution in [0.3, 0.4) is 0 Å². The number of carbonyl (C=O) groups excluding carboxylic acids is 2. The van der Waals surface area contributed by atoms with E-state index < -0.39 is 0 Å². The molecule has 5 nitrogen and oxygen atoms in total. The highest BCUT2D eigenvalue weighted by atomic mass is 16.5. The molecule has 1 atom stereocenters. The standard InChI is InChI=1S/C12H22N2O3/c1-9(3-6-13)11(15)14-7-4-10(5-8-14)12(16)17-2/h9-10H,3-8,13H2,1-2H3. The fourth-order valence-electron chi connectivity index (χ4n) is 2.19. The van der Waals surface area contributed by atoms with Gasteiger partial charge in [0.2, 0.25) is 5.91 Å². The predicted octanol–water partition coefficient (Wildman–Crippen LogP) is 0.383. The van der Waals surface area contributed by atoms with Crippen LogP contribution >= 0.6 is 0 Å². The summed E-state index contributed by atoms with van der Waals surface area (Å²) in [7, 11) is 1.41. The monoisotopic (exact) mass is 242 g/mol. The highest BCUT2D eigenvalue weighted by Gasteiger charge is 2.29. The molecular formula is C12H22N2O3. The first-order chi connectivity index (χ1) is 8.10. The van der Waals surface area contributed by atoms with Gasteiger partial charge in [0.15, 0.2) is 0 Å². The molecule has 0 aliphatic carbocycles. The molecule has 1 aliphatic heterocycles. The zero-order valence-electron chi connectivity index (χ0n) is 10.6. The van der Waals surface area contributed by atoms with Crippen molar-refractivity contribution in [1.29, 1.82) is 0 Å². The average molecular weight is 242 g/mol. The van der Waals surface area contributed by atoms with E-state index in [9.17, 15) is 9.59 Å². The van der Waals surface area contributed by atoms with Crippen LogP contribution in [-0.4, -0.2) is 43.5 Å². The van der Waals surface area contributed by atoms with Gasteiger partial charge >= 0.3 is 5.97 Å². The molecule has 0 aromatic rings. The molecule has 0 spiro atoms. The lowest BCUT2D eigenvalue weighted by atomic mass is 9.95. The topological polar surface area (TPSA) is 72.6 Å². The number of esters is 1. The minimum Gasteiger partial charge on any atom is -0.469 e. The number of amides is 1. The van der Waals surface area contributed by atoms with Crippen LogP contribution < -0.4 is 5.73 Å². The van der Waals surface area contributed by atoms with Crippen molar-refractivity contribution in [2.45, 2.75) is 26.2 Å². The minimum atomic E-state index is -0.160. The van der Waals surface area contributed by atoms with Gasteiger partial charge in [-0.15, -0.1) is 0 Å². The van der Waals surface area contributed by atoms with Crippen molar-refractivity contribution in [2.75, 3.05) is 26.7 Å². The Kier molecular flexibility index (Phi) is 5.41. The quantitative estimate of drug-likeness (QED) is 0.723. The van der Waals surface area contributed by atoms with E-state index in [-0.39, 0.29) is 23.7 Å². The number of methoxy groups -OCH3 is 1. The van der Waals surface area contributed by atoms with Crippen molar-refractivity contribution in [3.8, 4) is 0 Å². The number of piperidine rings is 1. The smallest absolute Gasteiger partial charge is 0.308 e. The Hall–Kier alpha value is -1.10. The third-order valence-corrected chi connectivity index (χ3v) is 3.36. The number of hydrogen-bond donors (Lipinski definition) is 1. The molecule has 17 heavy (non-hydrogen) atoms. The molecule has 98 valence electrons. The molecule has 1 unspecified atom stereocenters. The summed E-state index contributed by atoms with van der Waals surface area (Å²) in [5.74, 6) is -0.0746. The number of rotatable bonds is 4. The molecule has 1 aliphatic rings. The predicted molar refractivity (Wildman–Crippen MR) is 64.2 cm³/mol. The van der Waals surface area contributed by atoms with E-state index in [1.807, 2.05) is 11.8 Å². The first-order valence-electron chi connectivity index (χ1n) is 6.16. The Labute approximate surface area is 102 Å². The molecule has 1 saturated heterocycles. The van der Waals surface area contributed by atoms with Crippen molar-refractivity contribution in [3.63, 3.8) is 0 Å². The zero-order valence-corrected chi connectivity index (χ0v) is 10.6. The molecule has 1 amide bonds. The summed E-state index contributed by atoms with van der Waals surface area (Å²) < 4.78 is 4.71. The summed E-state index contributed by atoms with van der Waals surface area (Å²) in [6.07, 6.45) is 2.12. The van der Waals surface area contributed by atoms with Gasteiger partial charge in [-0.1, -0.05) is 6.92 Å². The molecule has 1 fully saturated rings. The SMILES string of the molecule is COC(=O)C1CCN(C(=O)C(C)CCN)CC1. The molecule has 0 aromatic heterocycles. The third-order valence-electron chi connectivity index (χ3n) is 3.36. The molecule has 1 heterocycles. The molecule has 0 aromatic carbocycles. The first kappa shape index (κ1) is 14.0.